The Labute approximate surface area is 174 Å². The van der Waals surface area contributed by atoms with Crippen LogP contribution in [0.15, 0.2) is 54.6 Å². The minimum absolute atomic E-state index is 0.0912. The molecule has 0 unspecified atom stereocenters. The van der Waals surface area contributed by atoms with Gasteiger partial charge in [0, 0.05) is 24.5 Å². The van der Waals surface area contributed by atoms with Gasteiger partial charge in [-0.25, -0.2) is 0 Å². The molecule has 2 aromatic carbocycles. The van der Waals surface area contributed by atoms with Crippen LogP contribution in [0.1, 0.15) is 30.5 Å². The van der Waals surface area contributed by atoms with Crippen molar-refractivity contribution in [3.63, 3.8) is 0 Å². The lowest BCUT2D eigenvalue weighted by molar-refractivity contribution is -0.152. The Bertz CT molecular complexity index is 887. The predicted octanol–water partition coefficient (Wildman–Crippen LogP) is 3.11. The molecule has 1 aliphatic rings. The van der Waals surface area contributed by atoms with E-state index >= 15 is 0 Å². The molecule has 3 rings (SSSR count). The highest BCUT2D eigenvalue weighted by molar-refractivity contribution is 6.31. The molecule has 7 heteroatoms. The van der Waals surface area contributed by atoms with Crippen LogP contribution < -0.4 is 5.32 Å². The molecule has 0 aliphatic carbocycles. The first-order valence-electron chi connectivity index (χ1n) is 9.47. The summed E-state index contributed by atoms with van der Waals surface area (Å²) in [6.07, 6.45) is 0.0945. The average molecular weight is 415 g/mol. The number of ether oxygens (including phenoxy) is 1. The minimum atomic E-state index is -0.565. The van der Waals surface area contributed by atoms with Crippen molar-refractivity contribution >= 4 is 29.4 Å². The molecule has 0 bridgehead atoms. The van der Waals surface area contributed by atoms with Crippen LogP contribution in [0.5, 0.6) is 0 Å². The monoisotopic (exact) mass is 414 g/mol. The lowest BCUT2D eigenvalue weighted by atomic mass is 10.1. The first-order valence-corrected chi connectivity index (χ1v) is 9.84. The SMILES string of the molecule is C[C@H](c1ccccc1)N1C[C@@H](C(=O)OCC(=O)NCc2ccccc2Cl)CC1=O. The maximum absolute atomic E-state index is 12.4. The fourth-order valence-electron chi connectivity index (χ4n) is 3.32. The molecule has 0 spiro atoms. The van der Waals surface area contributed by atoms with E-state index in [1.165, 1.54) is 0 Å². The van der Waals surface area contributed by atoms with Gasteiger partial charge in [0.2, 0.25) is 5.91 Å². The molecule has 1 saturated heterocycles. The van der Waals surface area contributed by atoms with Gasteiger partial charge in [0.15, 0.2) is 6.61 Å². The number of carbonyl (C=O) groups is 3. The summed E-state index contributed by atoms with van der Waals surface area (Å²) < 4.78 is 5.13. The fourth-order valence-corrected chi connectivity index (χ4v) is 3.52. The van der Waals surface area contributed by atoms with Gasteiger partial charge in [0.1, 0.15) is 0 Å². The number of nitrogens with zero attached hydrogens (tertiary/aromatic N) is 1. The molecule has 1 N–H and O–H groups in total. The molecule has 1 fully saturated rings. The molecule has 0 radical (unpaired) electrons. The van der Waals surface area contributed by atoms with Crippen LogP contribution in [-0.4, -0.2) is 35.8 Å². The predicted molar refractivity (Wildman–Crippen MR) is 109 cm³/mol. The number of carbonyl (C=O) groups excluding carboxylic acids is 3. The van der Waals surface area contributed by atoms with E-state index in [1.807, 2.05) is 43.3 Å². The zero-order chi connectivity index (χ0) is 20.8. The Morgan fingerprint density at radius 1 is 1.17 bits per heavy atom. The fraction of sp³-hybridized carbons (Fsp3) is 0.318. The van der Waals surface area contributed by atoms with Crippen molar-refractivity contribution in [2.75, 3.05) is 13.2 Å². The number of halogens is 1. The molecular formula is C22H23ClN2O4. The lowest BCUT2D eigenvalue weighted by Gasteiger charge is -2.25. The van der Waals surface area contributed by atoms with Crippen molar-refractivity contribution in [1.29, 1.82) is 0 Å². The van der Waals surface area contributed by atoms with Gasteiger partial charge in [0.25, 0.3) is 5.91 Å². The summed E-state index contributed by atoms with van der Waals surface area (Å²) in [5.41, 5.74) is 1.79. The third-order valence-electron chi connectivity index (χ3n) is 5.02. The normalized spacial score (nSPS) is 17.1. The minimum Gasteiger partial charge on any atom is -0.455 e. The van der Waals surface area contributed by atoms with E-state index in [1.54, 1.807) is 23.1 Å². The molecular weight excluding hydrogens is 392 g/mol. The quantitative estimate of drug-likeness (QED) is 0.706. The average Bonchev–Trinajstić information content (AvgIpc) is 3.13. The summed E-state index contributed by atoms with van der Waals surface area (Å²) in [4.78, 5) is 38.3. The molecule has 2 aromatic rings. The number of esters is 1. The van der Waals surface area contributed by atoms with E-state index in [0.29, 0.717) is 5.02 Å². The van der Waals surface area contributed by atoms with Gasteiger partial charge in [-0.3, -0.25) is 14.4 Å². The van der Waals surface area contributed by atoms with Crippen molar-refractivity contribution < 1.29 is 19.1 Å². The standard InChI is InChI=1S/C22H23ClN2O4/c1-15(16-7-3-2-4-8-16)25-13-18(11-21(25)27)22(28)29-14-20(26)24-12-17-9-5-6-10-19(17)23/h2-10,15,18H,11-14H2,1H3,(H,24,26)/t15-,18+/m1/s1. The van der Waals surface area contributed by atoms with Gasteiger partial charge in [-0.2, -0.15) is 0 Å². The number of hydrogen-bond donors (Lipinski definition) is 1. The number of amides is 2. The Balaban J connectivity index is 1.47. The highest BCUT2D eigenvalue weighted by Crippen LogP contribution is 2.28. The van der Waals surface area contributed by atoms with Crippen LogP contribution in [0.4, 0.5) is 0 Å². The number of likely N-dealkylation sites (tertiary alicyclic amines) is 1. The second-order valence-electron chi connectivity index (χ2n) is 7.01. The van der Waals surface area contributed by atoms with Crippen LogP contribution in [0.3, 0.4) is 0 Å². The number of benzene rings is 2. The first-order chi connectivity index (χ1) is 14.0. The van der Waals surface area contributed by atoms with E-state index in [2.05, 4.69) is 5.32 Å². The van der Waals surface area contributed by atoms with Crippen LogP contribution in [0.2, 0.25) is 5.02 Å². The van der Waals surface area contributed by atoms with E-state index in [-0.39, 0.29) is 38.1 Å². The summed E-state index contributed by atoms with van der Waals surface area (Å²) >= 11 is 6.05. The Morgan fingerprint density at radius 2 is 1.86 bits per heavy atom. The number of hydrogen-bond acceptors (Lipinski definition) is 4. The molecule has 29 heavy (non-hydrogen) atoms. The maximum atomic E-state index is 12.4. The van der Waals surface area contributed by atoms with Gasteiger partial charge >= 0.3 is 5.97 Å². The summed E-state index contributed by atoms with van der Waals surface area (Å²) in [5.74, 6) is -1.61. The third kappa shape index (κ3) is 5.35. The molecule has 0 saturated carbocycles. The van der Waals surface area contributed by atoms with Crippen LogP contribution in [0.25, 0.3) is 0 Å². The van der Waals surface area contributed by atoms with Crippen molar-refractivity contribution in [3.05, 3.63) is 70.7 Å². The van der Waals surface area contributed by atoms with Gasteiger partial charge in [0.05, 0.1) is 12.0 Å². The summed E-state index contributed by atoms with van der Waals surface area (Å²) in [7, 11) is 0. The van der Waals surface area contributed by atoms with Gasteiger partial charge in [-0.1, -0.05) is 60.1 Å². The van der Waals surface area contributed by atoms with Gasteiger partial charge in [-0.05, 0) is 24.1 Å². The van der Waals surface area contributed by atoms with E-state index in [4.69, 9.17) is 16.3 Å². The van der Waals surface area contributed by atoms with Crippen molar-refractivity contribution in [3.8, 4) is 0 Å². The van der Waals surface area contributed by atoms with Gasteiger partial charge in [-0.15, -0.1) is 0 Å². The molecule has 152 valence electrons. The smallest absolute Gasteiger partial charge is 0.311 e. The molecule has 0 aromatic heterocycles. The van der Waals surface area contributed by atoms with Crippen LogP contribution >= 0.6 is 11.6 Å². The zero-order valence-electron chi connectivity index (χ0n) is 16.1. The second kappa shape index (κ2) is 9.56. The second-order valence-corrected chi connectivity index (χ2v) is 7.42. The summed E-state index contributed by atoms with van der Waals surface area (Å²) in [6.45, 7) is 2.08. The number of nitrogens with one attached hydrogen (secondary N) is 1. The maximum Gasteiger partial charge on any atom is 0.311 e. The Kier molecular flexibility index (Phi) is 6.88. The van der Waals surface area contributed by atoms with E-state index < -0.39 is 17.8 Å². The van der Waals surface area contributed by atoms with Crippen molar-refractivity contribution in [1.82, 2.24) is 10.2 Å². The third-order valence-corrected chi connectivity index (χ3v) is 5.39. The van der Waals surface area contributed by atoms with Crippen LogP contribution in [0, 0.1) is 5.92 Å². The summed E-state index contributed by atoms with van der Waals surface area (Å²) in [5, 5.41) is 3.22. The Hall–Kier alpha value is -2.86. The van der Waals surface area contributed by atoms with Crippen molar-refractivity contribution in [2.24, 2.45) is 5.92 Å². The molecule has 1 heterocycles. The number of rotatable bonds is 7. The van der Waals surface area contributed by atoms with Crippen molar-refractivity contribution in [2.45, 2.75) is 25.9 Å². The molecule has 6 nitrogen and oxygen atoms in total. The van der Waals surface area contributed by atoms with E-state index in [0.717, 1.165) is 11.1 Å². The highest BCUT2D eigenvalue weighted by atomic mass is 35.5. The molecule has 1 aliphatic heterocycles. The lowest BCUT2D eigenvalue weighted by Crippen LogP contribution is -2.32. The van der Waals surface area contributed by atoms with Gasteiger partial charge < -0.3 is 15.0 Å². The first kappa shape index (κ1) is 20.9. The molecule has 2 amide bonds. The largest absolute Gasteiger partial charge is 0.455 e. The molecule has 2 atom stereocenters. The Morgan fingerprint density at radius 3 is 2.59 bits per heavy atom. The summed E-state index contributed by atoms with van der Waals surface area (Å²) in [6, 6.07) is 16.7. The van der Waals surface area contributed by atoms with E-state index in [9.17, 15) is 14.4 Å². The highest BCUT2D eigenvalue weighted by Gasteiger charge is 2.38. The van der Waals surface area contributed by atoms with Crippen LogP contribution in [-0.2, 0) is 25.7 Å². The topological polar surface area (TPSA) is 75.7 Å². The zero-order valence-corrected chi connectivity index (χ0v) is 16.9.